The Bertz CT molecular complexity index is 1200. The summed E-state index contributed by atoms with van der Waals surface area (Å²) < 4.78 is 41.1. The lowest BCUT2D eigenvalue weighted by atomic mass is 9.61. The van der Waals surface area contributed by atoms with Crippen LogP contribution in [0.15, 0.2) is 36.2 Å². The zero-order valence-electron chi connectivity index (χ0n) is 22.9. The van der Waals surface area contributed by atoms with Crippen LogP contribution in [0.1, 0.15) is 59.4 Å². The molecule has 10 heteroatoms. The van der Waals surface area contributed by atoms with E-state index in [4.69, 9.17) is 11.6 Å². The number of rotatable bonds is 7. The van der Waals surface area contributed by atoms with Crippen LogP contribution < -0.4 is 16.0 Å². The summed E-state index contributed by atoms with van der Waals surface area (Å²) in [5, 5.41) is 19.3. The van der Waals surface area contributed by atoms with Crippen LogP contribution in [0, 0.1) is 23.1 Å². The maximum absolute atomic E-state index is 14.9. The van der Waals surface area contributed by atoms with Gasteiger partial charge < -0.3 is 21.1 Å². The summed E-state index contributed by atoms with van der Waals surface area (Å²) in [6.07, 6.45) is 5.31. The third-order valence-corrected chi connectivity index (χ3v) is 8.44. The van der Waals surface area contributed by atoms with Crippen molar-refractivity contribution >= 4 is 29.1 Å². The number of fused-ring (bicyclic) bond motifs is 2. The van der Waals surface area contributed by atoms with E-state index in [1.165, 1.54) is 18.2 Å². The Hall–Kier alpha value is -2.36. The molecule has 0 radical (unpaired) electrons. The molecule has 1 saturated heterocycles. The topological polar surface area (TPSA) is 90.5 Å². The molecule has 4 N–H and O–H groups in total. The SMILES string of the molecule is CC(/C=C\C=C(\F)CF)[C@H]1[C@H](C(=O)NC2CC(C)(O)C2)N[C@@H](CC(C)(C)C)[C@@]12C(=O)Nc1cc(Cl)c(F)cc12. The smallest absolute Gasteiger partial charge is 0.237 e. The molecule has 2 amide bonds. The van der Waals surface area contributed by atoms with Crippen molar-refractivity contribution < 1.29 is 27.9 Å². The Labute approximate surface area is 232 Å². The summed E-state index contributed by atoms with van der Waals surface area (Å²) in [5.74, 6) is -3.56. The number of benzene rings is 1. The molecule has 1 spiro atoms. The fraction of sp³-hybridized carbons (Fsp3) is 0.586. The van der Waals surface area contributed by atoms with Gasteiger partial charge >= 0.3 is 0 Å². The minimum Gasteiger partial charge on any atom is -0.390 e. The predicted molar refractivity (Wildman–Crippen MR) is 145 cm³/mol. The Kier molecular flexibility index (Phi) is 8.02. The first-order chi connectivity index (χ1) is 18.1. The van der Waals surface area contributed by atoms with E-state index in [1.54, 1.807) is 19.9 Å². The van der Waals surface area contributed by atoms with Crippen LogP contribution in [0.5, 0.6) is 0 Å². The average molecular weight is 568 g/mol. The van der Waals surface area contributed by atoms with Crippen molar-refractivity contribution in [3.05, 3.63) is 52.6 Å². The first-order valence-corrected chi connectivity index (χ1v) is 13.7. The number of carbonyl (C=O) groups excluding carboxylic acids is 2. The molecule has 2 heterocycles. The lowest BCUT2D eigenvalue weighted by Gasteiger charge is -2.42. The van der Waals surface area contributed by atoms with Gasteiger partial charge in [0.1, 0.15) is 18.3 Å². The van der Waals surface area contributed by atoms with Gasteiger partial charge in [-0.3, -0.25) is 9.59 Å². The maximum atomic E-state index is 14.9. The van der Waals surface area contributed by atoms with Gasteiger partial charge in [0.25, 0.3) is 0 Å². The van der Waals surface area contributed by atoms with Crippen LogP contribution >= 0.6 is 11.6 Å². The highest BCUT2D eigenvalue weighted by molar-refractivity contribution is 6.31. The highest BCUT2D eigenvalue weighted by atomic mass is 35.5. The van der Waals surface area contributed by atoms with E-state index >= 15 is 0 Å². The molecule has 1 saturated carbocycles. The Morgan fingerprint density at radius 3 is 2.59 bits per heavy atom. The van der Waals surface area contributed by atoms with Gasteiger partial charge in [-0.1, -0.05) is 51.4 Å². The van der Waals surface area contributed by atoms with Crippen molar-refractivity contribution in [1.29, 1.82) is 0 Å². The Morgan fingerprint density at radius 2 is 2.00 bits per heavy atom. The minimum absolute atomic E-state index is 0.132. The third kappa shape index (κ3) is 5.63. The van der Waals surface area contributed by atoms with Crippen molar-refractivity contribution in [2.75, 3.05) is 12.0 Å². The number of halogens is 4. The number of hydrogen-bond donors (Lipinski definition) is 4. The number of nitrogens with one attached hydrogen (secondary N) is 3. The lowest BCUT2D eigenvalue weighted by molar-refractivity contribution is -0.128. The van der Waals surface area contributed by atoms with Crippen molar-refractivity contribution in [3.63, 3.8) is 0 Å². The number of amides is 2. The number of alkyl halides is 1. The molecule has 0 bridgehead atoms. The summed E-state index contributed by atoms with van der Waals surface area (Å²) in [5.41, 5.74) is -1.68. The van der Waals surface area contributed by atoms with Crippen molar-refractivity contribution in [1.82, 2.24) is 10.6 Å². The second kappa shape index (κ2) is 10.6. The number of hydrogen-bond acceptors (Lipinski definition) is 4. The molecule has 39 heavy (non-hydrogen) atoms. The standard InChI is InChI=1S/C29H37ClF3N3O3/c1-15(7-6-8-16(32)14-31)23-24(25(37)34-17-11-28(5,39)12-17)36-22(13-27(2,3)4)29(23)18-9-20(33)19(30)10-21(18)35-26(29)38/h6-10,15,17,22-24,36,39H,11-14H2,1-5H3,(H,34,37)(H,35,38)/b7-6-,16-8+/t15?,17?,22-,23-,24+,28?,29+/m0/s1. The van der Waals surface area contributed by atoms with Gasteiger partial charge in [-0.05, 0) is 61.3 Å². The van der Waals surface area contributed by atoms with Gasteiger partial charge in [0, 0.05) is 23.7 Å². The van der Waals surface area contributed by atoms with Crippen LogP contribution in [0.2, 0.25) is 5.02 Å². The van der Waals surface area contributed by atoms with Gasteiger partial charge in [-0.15, -0.1) is 0 Å². The van der Waals surface area contributed by atoms with E-state index in [1.807, 2.05) is 20.8 Å². The third-order valence-electron chi connectivity index (χ3n) is 8.15. The van der Waals surface area contributed by atoms with Crippen LogP contribution in [0.3, 0.4) is 0 Å². The van der Waals surface area contributed by atoms with E-state index in [0.717, 1.165) is 6.08 Å². The van der Waals surface area contributed by atoms with E-state index in [2.05, 4.69) is 16.0 Å². The zero-order chi connectivity index (χ0) is 28.9. The molecule has 1 aliphatic carbocycles. The first kappa shape index (κ1) is 29.6. The molecular formula is C29H37ClF3N3O3. The molecule has 1 aromatic carbocycles. The molecule has 2 fully saturated rings. The molecule has 2 aliphatic heterocycles. The molecular weight excluding hydrogens is 531 g/mol. The molecule has 6 nitrogen and oxygen atoms in total. The van der Waals surface area contributed by atoms with Crippen LogP contribution in [-0.2, 0) is 15.0 Å². The van der Waals surface area contributed by atoms with Gasteiger partial charge in [-0.25, -0.2) is 13.2 Å². The second-order valence-electron chi connectivity index (χ2n) is 12.7. The van der Waals surface area contributed by atoms with Gasteiger partial charge in [0.2, 0.25) is 11.8 Å². The molecule has 214 valence electrons. The number of aliphatic hydroxyl groups is 1. The Morgan fingerprint density at radius 1 is 1.33 bits per heavy atom. The molecule has 0 aromatic heterocycles. The minimum atomic E-state index is -1.35. The molecule has 3 aliphatic rings. The first-order valence-electron chi connectivity index (χ1n) is 13.3. The number of carbonyl (C=O) groups is 2. The Balaban J connectivity index is 1.84. The number of allylic oxidation sites excluding steroid dienone is 4. The fourth-order valence-electron chi connectivity index (χ4n) is 6.65. The van der Waals surface area contributed by atoms with Crippen LogP contribution in [0.25, 0.3) is 0 Å². The van der Waals surface area contributed by atoms with Crippen molar-refractivity contribution in [2.24, 2.45) is 17.3 Å². The van der Waals surface area contributed by atoms with Crippen LogP contribution in [-0.4, -0.2) is 47.3 Å². The summed E-state index contributed by atoms with van der Waals surface area (Å²) in [6, 6.07) is 1.00. The van der Waals surface area contributed by atoms with Crippen molar-refractivity contribution in [2.45, 2.75) is 83.0 Å². The average Bonchev–Trinajstić information content (AvgIpc) is 3.27. The zero-order valence-corrected chi connectivity index (χ0v) is 23.6. The summed E-state index contributed by atoms with van der Waals surface area (Å²) >= 11 is 6.06. The predicted octanol–water partition coefficient (Wildman–Crippen LogP) is 5.11. The van der Waals surface area contributed by atoms with E-state index < -0.39 is 53.3 Å². The summed E-state index contributed by atoms with van der Waals surface area (Å²) in [7, 11) is 0. The largest absolute Gasteiger partial charge is 0.390 e. The molecule has 1 aromatic rings. The van der Waals surface area contributed by atoms with Gasteiger partial charge in [0.15, 0.2) is 0 Å². The highest BCUT2D eigenvalue weighted by Gasteiger charge is 2.66. The maximum Gasteiger partial charge on any atom is 0.237 e. The van der Waals surface area contributed by atoms with Crippen molar-refractivity contribution in [3.8, 4) is 0 Å². The monoisotopic (exact) mass is 567 g/mol. The van der Waals surface area contributed by atoms with E-state index in [9.17, 15) is 27.9 Å². The molecule has 1 unspecified atom stereocenters. The van der Waals surface area contributed by atoms with Crippen LogP contribution in [0.4, 0.5) is 18.9 Å². The fourth-order valence-corrected chi connectivity index (χ4v) is 6.81. The quantitative estimate of drug-likeness (QED) is 0.345. The van der Waals surface area contributed by atoms with Gasteiger partial charge in [-0.2, -0.15) is 0 Å². The van der Waals surface area contributed by atoms with Gasteiger partial charge in [0.05, 0.1) is 22.1 Å². The summed E-state index contributed by atoms with van der Waals surface area (Å²) in [4.78, 5) is 27.8. The molecule has 5 atom stereocenters. The second-order valence-corrected chi connectivity index (χ2v) is 13.1. The highest BCUT2D eigenvalue weighted by Crippen LogP contribution is 2.55. The van der Waals surface area contributed by atoms with E-state index in [-0.39, 0.29) is 28.3 Å². The lowest BCUT2D eigenvalue weighted by Crippen LogP contribution is -2.58. The number of anilines is 1. The van der Waals surface area contributed by atoms with E-state index in [0.29, 0.717) is 30.5 Å². The normalized spacial score (nSPS) is 33.3. The molecule has 4 rings (SSSR count). The summed E-state index contributed by atoms with van der Waals surface area (Å²) in [6.45, 7) is 8.32.